The van der Waals surface area contributed by atoms with Gasteiger partial charge in [0, 0.05) is 11.6 Å². The zero-order valence-electron chi connectivity index (χ0n) is 21.1. The molecule has 1 aliphatic heterocycles. The van der Waals surface area contributed by atoms with Gasteiger partial charge in [-0.25, -0.2) is 22.5 Å². The summed E-state index contributed by atoms with van der Waals surface area (Å²) in [7, 11) is -1.03. The van der Waals surface area contributed by atoms with Gasteiger partial charge in [-0.1, -0.05) is 23.8 Å². The molecule has 39 heavy (non-hydrogen) atoms. The van der Waals surface area contributed by atoms with Gasteiger partial charge >= 0.3 is 0 Å². The average molecular weight is 570 g/mol. The lowest BCUT2D eigenvalue weighted by atomic mass is 10.1. The molecule has 0 radical (unpaired) electrons. The number of rotatable bonds is 8. The summed E-state index contributed by atoms with van der Waals surface area (Å²) in [4.78, 5) is 29.4. The van der Waals surface area contributed by atoms with Crippen molar-refractivity contribution in [3.05, 3.63) is 88.1 Å². The van der Waals surface area contributed by atoms with Crippen molar-refractivity contribution in [2.24, 2.45) is 4.99 Å². The van der Waals surface area contributed by atoms with E-state index in [4.69, 9.17) is 9.47 Å². The molecule has 0 aliphatic carbocycles. The van der Waals surface area contributed by atoms with E-state index in [1.54, 1.807) is 43.3 Å². The van der Waals surface area contributed by atoms with Gasteiger partial charge in [-0.15, -0.1) is 0 Å². The van der Waals surface area contributed by atoms with Crippen LogP contribution >= 0.6 is 11.8 Å². The van der Waals surface area contributed by atoms with Crippen LogP contribution in [0.15, 0.2) is 75.5 Å². The van der Waals surface area contributed by atoms with E-state index in [2.05, 4.69) is 10.3 Å². The maximum atomic E-state index is 14.7. The minimum Gasteiger partial charge on any atom is -0.497 e. The molecule has 1 heterocycles. The normalized spacial score (nSPS) is 15.3. The third-order valence-electron chi connectivity index (χ3n) is 5.58. The standard InChI is InChI=1S/C27H24FN3O6S2/c1-16-4-10-21(11-5-16)39(34,35)31-25(32)13-17-6-8-19(14-22(17)28)29-27-30-26(33)24(38-27)12-18-7-9-20(36-2)15-23(18)37-3/h4-12,14-15H,13H2,1-3H3,(H,31,32)(H,29,30,33). The summed E-state index contributed by atoms with van der Waals surface area (Å²) >= 11 is 1.07. The summed E-state index contributed by atoms with van der Waals surface area (Å²) in [5.41, 5.74) is 1.72. The molecule has 202 valence electrons. The fraction of sp³-hybridized carbons (Fsp3) is 0.148. The van der Waals surface area contributed by atoms with Gasteiger partial charge in [-0.2, -0.15) is 0 Å². The minimum absolute atomic E-state index is 0.00847. The minimum atomic E-state index is -4.08. The fourth-order valence-electron chi connectivity index (χ4n) is 3.56. The number of carbonyl (C=O) groups is 2. The number of nitrogens with one attached hydrogen (secondary N) is 2. The van der Waals surface area contributed by atoms with Gasteiger partial charge in [0.05, 0.1) is 36.1 Å². The molecule has 0 atom stereocenters. The Labute approximate surface area is 229 Å². The van der Waals surface area contributed by atoms with E-state index in [-0.39, 0.29) is 27.2 Å². The number of sulfonamides is 1. The van der Waals surface area contributed by atoms with Gasteiger partial charge in [0.2, 0.25) is 5.91 Å². The highest BCUT2D eigenvalue weighted by Crippen LogP contribution is 2.32. The van der Waals surface area contributed by atoms with Gasteiger partial charge in [-0.05, 0) is 66.7 Å². The van der Waals surface area contributed by atoms with Gasteiger partial charge in [0.1, 0.15) is 17.3 Å². The number of carbonyl (C=O) groups excluding carboxylic acids is 2. The van der Waals surface area contributed by atoms with Crippen molar-refractivity contribution >= 4 is 50.5 Å². The Kier molecular flexibility index (Phi) is 8.36. The molecule has 4 rings (SSSR count). The van der Waals surface area contributed by atoms with Crippen LogP contribution in [-0.4, -0.2) is 39.6 Å². The second kappa shape index (κ2) is 11.7. The second-order valence-electron chi connectivity index (χ2n) is 8.38. The van der Waals surface area contributed by atoms with Crippen molar-refractivity contribution in [3.63, 3.8) is 0 Å². The number of nitrogens with zero attached hydrogens (tertiary/aromatic N) is 1. The SMILES string of the molecule is COc1ccc(C=C2SC(=Nc3ccc(CC(=O)NS(=O)(=O)c4ccc(C)cc4)c(F)c3)NC2=O)c(OC)c1. The van der Waals surface area contributed by atoms with Crippen molar-refractivity contribution in [1.29, 1.82) is 0 Å². The molecule has 0 spiro atoms. The summed E-state index contributed by atoms with van der Waals surface area (Å²) in [5.74, 6) is -0.867. The topological polar surface area (TPSA) is 123 Å². The molecule has 3 aromatic carbocycles. The quantitative estimate of drug-likeness (QED) is 0.392. The van der Waals surface area contributed by atoms with Crippen LogP contribution in [0.3, 0.4) is 0 Å². The van der Waals surface area contributed by atoms with Crippen LogP contribution < -0.4 is 19.5 Å². The smallest absolute Gasteiger partial charge is 0.264 e. The number of halogens is 1. The molecule has 1 saturated heterocycles. The first kappa shape index (κ1) is 27.9. The maximum absolute atomic E-state index is 14.7. The summed E-state index contributed by atoms with van der Waals surface area (Å²) in [6.45, 7) is 1.81. The number of amides is 2. The first-order valence-electron chi connectivity index (χ1n) is 11.5. The summed E-state index contributed by atoms with van der Waals surface area (Å²) < 4.78 is 52.1. The van der Waals surface area contributed by atoms with Crippen LogP contribution in [0.2, 0.25) is 0 Å². The Morgan fingerprint density at radius 3 is 2.49 bits per heavy atom. The van der Waals surface area contributed by atoms with Gasteiger partial charge in [-0.3, -0.25) is 9.59 Å². The van der Waals surface area contributed by atoms with E-state index in [0.29, 0.717) is 22.0 Å². The molecule has 1 aliphatic rings. The second-order valence-corrected chi connectivity index (χ2v) is 11.1. The fourth-order valence-corrected chi connectivity index (χ4v) is 5.38. The lowest BCUT2D eigenvalue weighted by Crippen LogP contribution is -2.32. The van der Waals surface area contributed by atoms with Crippen LogP contribution in [0.4, 0.5) is 10.1 Å². The maximum Gasteiger partial charge on any atom is 0.264 e. The highest BCUT2D eigenvalue weighted by atomic mass is 32.2. The number of hydrogen-bond donors (Lipinski definition) is 2. The van der Waals surface area contributed by atoms with Crippen molar-refractivity contribution in [2.75, 3.05) is 14.2 Å². The first-order valence-corrected chi connectivity index (χ1v) is 13.8. The van der Waals surface area contributed by atoms with Crippen LogP contribution in [-0.2, 0) is 26.0 Å². The van der Waals surface area contributed by atoms with E-state index in [1.165, 1.54) is 38.5 Å². The van der Waals surface area contributed by atoms with E-state index < -0.39 is 28.2 Å². The van der Waals surface area contributed by atoms with Gasteiger partial charge < -0.3 is 14.8 Å². The Morgan fingerprint density at radius 1 is 1.08 bits per heavy atom. The predicted octanol–water partition coefficient (Wildman–Crippen LogP) is 4.09. The highest BCUT2D eigenvalue weighted by molar-refractivity contribution is 8.18. The number of ether oxygens (including phenoxy) is 2. The summed E-state index contributed by atoms with van der Waals surface area (Å²) in [6.07, 6.45) is 1.16. The third-order valence-corrected chi connectivity index (χ3v) is 7.87. The Hall–Kier alpha value is -4.16. The molecule has 3 aromatic rings. The summed E-state index contributed by atoms with van der Waals surface area (Å²) in [6, 6.07) is 15.1. The molecule has 2 N–H and O–H groups in total. The molecule has 0 unspecified atom stereocenters. The van der Waals surface area contributed by atoms with Crippen LogP contribution in [0, 0.1) is 12.7 Å². The van der Waals surface area contributed by atoms with Crippen molar-refractivity contribution < 1.29 is 31.9 Å². The largest absolute Gasteiger partial charge is 0.497 e. The van der Waals surface area contributed by atoms with Crippen molar-refractivity contribution in [3.8, 4) is 11.5 Å². The van der Waals surface area contributed by atoms with Crippen molar-refractivity contribution in [2.45, 2.75) is 18.2 Å². The first-order chi connectivity index (χ1) is 18.6. The van der Waals surface area contributed by atoms with Crippen LogP contribution in [0.5, 0.6) is 11.5 Å². The number of amidine groups is 1. The van der Waals surface area contributed by atoms with E-state index in [9.17, 15) is 22.4 Å². The average Bonchev–Trinajstić information content (AvgIpc) is 3.23. The Balaban J connectivity index is 1.44. The monoisotopic (exact) mass is 569 g/mol. The van der Waals surface area contributed by atoms with Gasteiger partial charge in [0.25, 0.3) is 15.9 Å². The molecule has 12 heteroatoms. The van der Waals surface area contributed by atoms with Crippen LogP contribution in [0.25, 0.3) is 6.08 Å². The number of hydrogen-bond acceptors (Lipinski definition) is 8. The number of benzene rings is 3. The molecule has 0 aromatic heterocycles. The van der Waals surface area contributed by atoms with Crippen LogP contribution in [0.1, 0.15) is 16.7 Å². The third kappa shape index (κ3) is 6.84. The molecular weight excluding hydrogens is 545 g/mol. The molecular formula is C27H24FN3O6S2. The van der Waals surface area contributed by atoms with Crippen molar-refractivity contribution in [1.82, 2.24) is 10.0 Å². The lowest BCUT2D eigenvalue weighted by Gasteiger charge is -2.08. The molecule has 2 amide bonds. The lowest BCUT2D eigenvalue weighted by molar-refractivity contribution is -0.118. The molecule has 0 saturated carbocycles. The van der Waals surface area contributed by atoms with E-state index in [0.717, 1.165) is 23.4 Å². The Bertz CT molecular complexity index is 1600. The molecule has 1 fully saturated rings. The number of aryl methyl sites for hydroxylation is 1. The molecule has 0 bridgehead atoms. The summed E-state index contributed by atoms with van der Waals surface area (Å²) in [5, 5.41) is 2.87. The zero-order chi connectivity index (χ0) is 28.2. The van der Waals surface area contributed by atoms with E-state index >= 15 is 0 Å². The molecule has 9 nitrogen and oxygen atoms in total. The zero-order valence-corrected chi connectivity index (χ0v) is 22.8. The number of thioether (sulfide) groups is 1. The van der Waals surface area contributed by atoms with Gasteiger partial charge in [0.15, 0.2) is 5.17 Å². The Morgan fingerprint density at radius 2 is 1.82 bits per heavy atom. The predicted molar refractivity (Wildman–Crippen MR) is 147 cm³/mol. The number of aliphatic imine (C=N–C) groups is 1. The number of methoxy groups -OCH3 is 2. The highest BCUT2D eigenvalue weighted by Gasteiger charge is 2.25. The van der Waals surface area contributed by atoms with E-state index in [1.807, 2.05) is 4.72 Å².